The lowest BCUT2D eigenvalue weighted by molar-refractivity contribution is -0.385. The molecule has 0 radical (unpaired) electrons. The van der Waals surface area contributed by atoms with E-state index in [4.69, 9.17) is 4.74 Å². The van der Waals surface area contributed by atoms with Crippen LogP contribution in [0.3, 0.4) is 0 Å². The Bertz CT molecular complexity index is 1000. The van der Waals surface area contributed by atoms with Crippen molar-refractivity contribution in [3.8, 4) is 5.75 Å². The molecule has 2 rings (SSSR count). The first-order chi connectivity index (χ1) is 13.0. The van der Waals surface area contributed by atoms with Gasteiger partial charge in [0.15, 0.2) is 0 Å². The van der Waals surface area contributed by atoms with Gasteiger partial charge in [0.1, 0.15) is 5.75 Å². The van der Waals surface area contributed by atoms with E-state index in [0.29, 0.717) is 5.56 Å². The van der Waals surface area contributed by atoms with Crippen LogP contribution in [0.15, 0.2) is 35.2 Å². The van der Waals surface area contributed by atoms with Crippen LogP contribution in [-0.4, -0.2) is 20.5 Å². The van der Waals surface area contributed by atoms with Crippen molar-refractivity contribution >= 4 is 15.7 Å². The van der Waals surface area contributed by atoms with Gasteiger partial charge in [0.05, 0.1) is 16.9 Å². The highest BCUT2D eigenvalue weighted by Crippen LogP contribution is 2.32. The van der Waals surface area contributed by atoms with Crippen molar-refractivity contribution in [2.24, 2.45) is 0 Å². The van der Waals surface area contributed by atoms with Crippen LogP contribution in [0.25, 0.3) is 0 Å². The summed E-state index contributed by atoms with van der Waals surface area (Å²) < 4.78 is 33.7. The van der Waals surface area contributed by atoms with Gasteiger partial charge in [0.25, 0.3) is 5.69 Å². The third-order valence-corrected chi connectivity index (χ3v) is 6.26. The Morgan fingerprint density at radius 2 is 1.68 bits per heavy atom. The van der Waals surface area contributed by atoms with E-state index >= 15 is 0 Å². The Hall–Kier alpha value is -2.45. The van der Waals surface area contributed by atoms with Crippen molar-refractivity contribution in [3.63, 3.8) is 0 Å². The number of ether oxygens (including phenoxy) is 1. The maximum atomic E-state index is 12.8. The number of rotatable bonds is 7. The highest BCUT2D eigenvalue weighted by Gasteiger charge is 2.24. The normalized spacial score (nSPS) is 12.8. The Morgan fingerprint density at radius 1 is 1.04 bits per heavy atom. The average molecular weight is 407 g/mol. The van der Waals surface area contributed by atoms with Gasteiger partial charge in [-0.3, -0.25) is 10.1 Å². The topological polar surface area (TPSA) is 98.5 Å². The summed E-state index contributed by atoms with van der Waals surface area (Å²) in [5, 5.41) is 11.1. The predicted molar refractivity (Wildman–Crippen MR) is 108 cm³/mol. The van der Waals surface area contributed by atoms with Gasteiger partial charge in [-0.2, -0.15) is 0 Å². The number of benzene rings is 2. The summed E-state index contributed by atoms with van der Waals surface area (Å²) in [5.74, 6) is 0.971. The Kier molecular flexibility index (Phi) is 6.46. The van der Waals surface area contributed by atoms with Gasteiger partial charge in [-0.05, 0) is 61.6 Å². The van der Waals surface area contributed by atoms with E-state index in [2.05, 4.69) is 4.72 Å². The zero-order chi connectivity index (χ0) is 21.2. The predicted octanol–water partition coefficient (Wildman–Crippen LogP) is 4.38. The first kappa shape index (κ1) is 21.8. The molecule has 0 fully saturated rings. The molecule has 1 N–H and O–H groups in total. The molecule has 0 aliphatic heterocycles. The number of hydrogen-bond acceptors (Lipinski definition) is 5. The number of nitrogens with zero attached hydrogens (tertiary/aromatic N) is 1. The highest BCUT2D eigenvalue weighted by molar-refractivity contribution is 7.89. The lowest BCUT2D eigenvalue weighted by Crippen LogP contribution is -2.27. The van der Waals surface area contributed by atoms with Crippen LogP contribution in [0, 0.1) is 24.0 Å². The van der Waals surface area contributed by atoms with Gasteiger partial charge < -0.3 is 4.74 Å². The van der Waals surface area contributed by atoms with E-state index in [1.54, 1.807) is 21.0 Å². The molecule has 0 saturated heterocycles. The maximum Gasteiger partial charge on any atom is 0.273 e. The summed E-state index contributed by atoms with van der Waals surface area (Å²) in [4.78, 5) is 10.4. The van der Waals surface area contributed by atoms with Crippen molar-refractivity contribution in [2.75, 3.05) is 7.11 Å². The maximum absolute atomic E-state index is 12.8. The fraction of sp³-hybridized carbons (Fsp3) is 0.400. The van der Waals surface area contributed by atoms with E-state index < -0.39 is 21.0 Å². The van der Waals surface area contributed by atoms with Crippen LogP contribution >= 0.6 is 0 Å². The van der Waals surface area contributed by atoms with Crippen LogP contribution in [0.1, 0.15) is 55.0 Å². The number of nitro groups is 1. The molecule has 0 spiro atoms. The molecule has 0 saturated carbocycles. The third-order valence-electron chi connectivity index (χ3n) is 4.73. The van der Waals surface area contributed by atoms with Crippen LogP contribution in [0.4, 0.5) is 5.69 Å². The Morgan fingerprint density at radius 3 is 2.21 bits per heavy atom. The van der Waals surface area contributed by atoms with Gasteiger partial charge in [0, 0.05) is 17.7 Å². The molecule has 0 amide bonds. The second kappa shape index (κ2) is 8.28. The van der Waals surface area contributed by atoms with Crippen LogP contribution < -0.4 is 9.46 Å². The van der Waals surface area contributed by atoms with Crippen LogP contribution in [-0.2, 0) is 10.0 Å². The Balaban J connectivity index is 2.41. The quantitative estimate of drug-likeness (QED) is 0.543. The molecule has 8 heteroatoms. The van der Waals surface area contributed by atoms with Gasteiger partial charge in [-0.15, -0.1) is 0 Å². The van der Waals surface area contributed by atoms with Crippen LogP contribution in [0.5, 0.6) is 5.75 Å². The first-order valence-electron chi connectivity index (χ1n) is 8.93. The van der Waals surface area contributed by atoms with Gasteiger partial charge in [0.2, 0.25) is 10.0 Å². The standard InChI is InChI=1S/C20H26N2O5S/c1-12(2)17-11-18(14(4)9-20(17)27-6)15(5)21-28(25,26)16-8-7-13(3)19(10-16)22(23)24/h7-12,15,21H,1-6H3/t15-/m1/s1. The van der Waals surface area contributed by atoms with E-state index in [-0.39, 0.29) is 16.5 Å². The van der Waals surface area contributed by atoms with E-state index in [0.717, 1.165) is 28.5 Å². The molecule has 7 nitrogen and oxygen atoms in total. The zero-order valence-electron chi connectivity index (χ0n) is 16.9. The molecule has 0 bridgehead atoms. The molecular weight excluding hydrogens is 380 g/mol. The highest BCUT2D eigenvalue weighted by atomic mass is 32.2. The van der Waals surface area contributed by atoms with Crippen molar-refractivity contribution < 1.29 is 18.1 Å². The summed E-state index contributed by atoms with van der Waals surface area (Å²) in [5.41, 5.74) is 2.89. The number of methoxy groups -OCH3 is 1. The number of sulfonamides is 1. The molecule has 28 heavy (non-hydrogen) atoms. The average Bonchev–Trinajstić information content (AvgIpc) is 2.60. The minimum atomic E-state index is -3.93. The second-order valence-electron chi connectivity index (χ2n) is 7.15. The minimum Gasteiger partial charge on any atom is -0.496 e. The monoisotopic (exact) mass is 406 g/mol. The van der Waals surface area contributed by atoms with E-state index in [1.807, 2.05) is 32.9 Å². The SMILES string of the molecule is COc1cc(C)c([C@@H](C)NS(=O)(=O)c2ccc(C)c([N+](=O)[O-])c2)cc1C(C)C. The number of nitro benzene ring substituents is 1. The number of hydrogen-bond donors (Lipinski definition) is 1. The molecular formula is C20H26N2O5S. The van der Waals surface area contributed by atoms with Gasteiger partial charge in [-0.1, -0.05) is 19.9 Å². The largest absolute Gasteiger partial charge is 0.496 e. The molecule has 0 heterocycles. The molecule has 0 aliphatic carbocycles. The zero-order valence-corrected chi connectivity index (χ0v) is 17.8. The Labute approximate surface area is 165 Å². The lowest BCUT2D eigenvalue weighted by atomic mass is 9.94. The molecule has 152 valence electrons. The summed E-state index contributed by atoms with van der Waals surface area (Å²) >= 11 is 0. The molecule has 0 aliphatic rings. The third kappa shape index (κ3) is 4.51. The van der Waals surface area contributed by atoms with E-state index in [1.165, 1.54) is 12.1 Å². The van der Waals surface area contributed by atoms with Crippen molar-refractivity contribution in [2.45, 2.75) is 51.5 Å². The van der Waals surface area contributed by atoms with Crippen molar-refractivity contribution in [1.82, 2.24) is 4.72 Å². The lowest BCUT2D eigenvalue weighted by Gasteiger charge is -2.21. The molecule has 2 aromatic carbocycles. The fourth-order valence-corrected chi connectivity index (χ4v) is 4.37. The molecule has 1 atom stereocenters. The molecule has 0 aromatic heterocycles. The number of nitrogens with one attached hydrogen (secondary N) is 1. The summed E-state index contributed by atoms with van der Waals surface area (Å²) in [6, 6.07) is 7.22. The van der Waals surface area contributed by atoms with Crippen LogP contribution in [0.2, 0.25) is 0 Å². The smallest absolute Gasteiger partial charge is 0.273 e. The molecule has 2 aromatic rings. The minimum absolute atomic E-state index is 0.133. The van der Waals surface area contributed by atoms with Gasteiger partial charge in [-0.25, -0.2) is 13.1 Å². The van der Waals surface area contributed by atoms with Crippen molar-refractivity contribution in [3.05, 3.63) is 62.7 Å². The fourth-order valence-electron chi connectivity index (χ4n) is 3.13. The van der Waals surface area contributed by atoms with E-state index in [9.17, 15) is 18.5 Å². The van der Waals surface area contributed by atoms with Crippen molar-refractivity contribution in [1.29, 1.82) is 0 Å². The van der Waals surface area contributed by atoms with Gasteiger partial charge >= 0.3 is 0 Å². The summed E-state index contributed by atoms with van der Waals surface area (Å²) in [6.07, 6.45) is 0. The first-order valence-corrected chi connectivity index (χ1v) is 10.4. The summed E-state index contributed by atoms with van der Waals surface area (Å²) in [6.45, 7) is 9.29. The number of aryl methyl sites for hydroxylation is 2. The second-order valence-corrected chi connectivity index (χ2v) is 8.87. The molecule has 0 unspecified atom stereocenters. The summed E-state index contributed by atoms with van der Waals surface area (Å²) in [7, 11) is -2.32.